The van der Waals surface area contributed by atoms with Crippen LogP contribution in [0.15, 0.2) is 24.5 Å². The largest absolute Gasteiger partial charge is 0.478 e. The zero-order valence-corrected chi connectivity index (χ0v) is 8.27. The summed E-state index contributed by atoms with van der Waals surface area (Å²) in [7, 11) is 1.84. The van der Waals surface area contributed by atoms with Crippen molar-refractivity contribution in [1.82, 2.24) is 14.7 Å². The van der Waals surface area contributed by atoms with E-state index in [-0.39, 0.29) is 5.56 Å². The molecule has 0 fully saturated rings. The fourth-order valence-electron chi connectivity index (χ4n) is 1.44. The van der Waals surface area contributed by atoms with Gasteiger partial charge in [-0.25, -0.2) is 9.78 Å². The third-order valence-electron chi connectivity index (χ3n) is 2.11. The molecular formula is C10H11N3O2. The minimum atomic E-state index is -0.930. The van der Waals surface area contributed by atoms with Crippen LogP contribution < -0.4 is 5.32 Å². The van der Waals surface area contributed by atoms with E-state index in [2.05, 4.69) is 10.3 Å². The van der Waals surface area contributed by atoms with Crippen LogP contribution in [0.1, 0.15) is 16.1 Å². The van der Waals surface area contributed by atoms with Crippen molar-refractivity contribution in [3.8, 4) is 0 Å². The highest BCUT2D eigenvalue weighted by molar-refractivity contribution is 5.87. The minimum absolute atomic E-state index is 0.260. The molecular weight excluding hydrogens is 194 g/mol. The van der Waals surface area contributed by atoms with Gasteiger partial charge in [-0.2, -0.15) is 0 Å². The molecule has 2 aromatic heterocycles. The molecule has 0 bridgehead atoms. The fourth-order valence-corrected chi connectivity index (χ4v) is 1.44. The maximum atomic E-state index is 10.7. The molecule has 0 aliphatic heterocycles. The van der Waals surface area contributed by atoms with Crippen molar-refractivity contribution in [1.29, 1.82) is 0 Å². The molecule has 5 heteroatoms. The Morgan fingerprint density at radius 2 is 2.33 bits per heavy atom. The normalized spacial score (nSPS) is 10.7. The van der Waals surface area contributed by atoms with Crippen LogP contribution >= 0.6 is 0 Å². The Morgan fingerprint density at radius 3 is 3.00 bits per heavy atom. The molecule has 78 valence electrons. The molecule has 2 aromatic rings. The highest BCUT2D eigenvalue weighted by Crippen LogP contribution is 2.07. The van der Waals surface area contributed by atoms with E-state index in [0.717, 1.165) is 11.3 Å². The van der Waals surface area contributed by atoms with Crippen LogP contribution in [0.2, 0.25) is 0 Å². The molecule has 0 unspecified atom stereocenters. The van der Waals surface area contributed by atoms with Crippen LogP contribution in [0.3, 0.4) is 0 Å². The Kier molecular flexibility index (Phi) is 2.39. The van der Waals surface area contributed by atoms with Crippen molar-refractivity contribution < 1.29 is 9.90 Å². The molecule has 0 aliphatic carbocycles. The Hall–Kier alpha value is -1.88. The Bertz CT molecular complexity index is 504. The second-order valence-corrected chi connectivity index (χ2v) is 3.25. The quantitative estimate of drug-likeness (QED) is 0.776. The first-order valence-electron chi connectivity index (χ1n) is 4.56. The predicted molar refractivity (Wildman–Crippen MR) is 54.9 cm³/mol. The van der Waals surface area contributed by atoms with Crippen LogP contribution in [0, 0.1) is 0 Å². The Morgan fingerprint density at radius 1 is 1.53 bits per heavy atom. The summed E-state index contributed by atoms with van der Waals surface area (Å²) < 4.78 is 1.72. The topological polar surface area (TPSA) is 66.6 Å². The molecule has 0 atom stereocenters. The van der Waals surface area contributed by atoms with Gasteiger partial charge in [0, 0.05) is 18.9 Å². The lowest BCUT2D eigenvalue weighted by Crippen LogP contribution is -2.04. The van der Waals surface area contributed by atoms with Gasteiger partial charge in [0.1, 0.15) is 5.65 Å². The molecule has 2 heterocycles. The number of nitrogens with one attached hydrogen (secondary N) is 1. The summed E-state index contributed by atoms with van der Waals surface area (Å²) in [5.41, 5.74) is 1.90. The first-order valence-corrected chi connectivity index (χ1v) is 4.56. The number of imidazole rings is 1. The molecule has 0 aliphatic rings. The van der Waals surface area contributed by atoms with Crippen molar-refractivity contribution >= 4 is 11.6 Å². The molecule has 0 spiro atoms. The third kappa shape index (κ3) is 1.82. The zero-order chi connectivity index (χ0) is 10.8. The summed E-state index contributed by atoms with van der Waals surface area (Å²) in [4.78, 5) is 15.0. The molecule has 0 saturated heterocycles. The highest BCUT2D eigenvalue weighted by Gasteiger charge is 2.05. The van der Waals surface area contributed by atoms with Gasteiger partial charge in [-0.3, -0.25) is 0 Å². The van der Waals surface area contributed by atoms with Crippen molar-refractivity contribution in [2.75, 3.05) is 7.05 Å². The average Bonchev–Trinajstić information content (AvgIpc) is 2.59. The number of aromatic carboxylic acids is 1. The summed E-state index contributed by atoms with van der Waals surface area (Å²) in [6.45, 7) is 0.671. The number of carbonyl (C=O) groups is 1. The SMILES string of the molecule is CNCc1cn2cc(C(=O)O)ccc2n1. The molecule has 15 heavy (non-hydrogen) atoms. The fraction of sp³-hybridized carbons (Fsp3) is 0.200. The number of aromatic nitrogens is 2. The van der Waals surface area contributed by atoms with Crippen LogP contribution in [-0.2, 0) is 6.54 Å². The van der Waals surface area contributed by atoms with Gasteiger partial charge in [-0.1, -0.05) is 0 Å². The zero-order valence-electron chi connectivity index (χ0n) is 8.27. The van der Waals surface area contributed by atoms with Gasteiger partial charge in [-0.05, 0) is 19.2 Å². The molecule has 5 nitrogen and oxygen atoms in total. The minimum Gasteiger partial charge on any atom is -0.478 e. The van der Waals surface area contributed by atoms with Crippen molar-refractivity contribution in [2.45, 2.75) is 6.54 Å². The number of carboxylic acid groups (broad SMARTS) is 1. The maximum Gasteiger partial charge on any atom is 0.337 e. The molecule has 0 amide bonds. The van der Waals surface area contributed by atoms with Gasteiger partial charge >= 0.3 is 5.97 Å². The van der Waals surface area contributed by atoms with Gasteiger partial charge in [0.05, 0.1) is 11.3 Å². The number of hydrogen-bond donors (Lipinski definition) is 2. The van der Waals surface area contributed by atoms with E-state index in [1.54, 1.807) is 22.7 Å². The lowest BCUT2D eigenvalue weighted by atomic mass is 10.3. The summed E-state index contributed by atoms with van der Waals surface area (Å²) >= 11 is 0. The van der Waals surface area contributed by atoms with Crippen LogP contribution in [0.25, 0.3) is 5.65 Å². The van der Waals surface area contributed by atoms with E-state index in [1.807, 2.05) is 13.2 Å². The first kappa shape index (κ1) is 9.67. The number of rotatable bonds is 3. The standard InChI is InChI=1S/C10H11N3O2/c1-11-4-8-6-13-5-7(10(14)15)2-3-9(13)12-8/h2-3,5-6,11H,4H2,1H3,(H,14,15). The monoisotopic (exact) mass is 205 g/mol. The number of fused-ring (bicyclic) bond motifs is 1. The van der Waals surface area contributed by atoms with Gasteiger partial charge < -0.3 is 14.8 Å². The van der Waals surface area contributed by atoms with Crippen molar-refractivity contribution in [3.05, 3.63) is 35.8 Å². The van der Waals surface area contributed by atoms with Crippen LogP contribution in [-0.4, -0.2) is 27.5 Å². The Labute approximate surface area is 86.4 Å². The highest BCUT2D eigenvalue weighted by atomic mass is 16.4. The number of nitrogens with zero attached hydrogens (tertiary/aromatic N) is 2. The van der Waals surface area contributed by atoms with Crippen LogP contribution in [0.4, 0.5) is 0 Å². The van der Waals surface area contributed by atoms with E-state index in [0.29, 0.717) is 6.54 Å². The second-order valence-electron chi connectivity index (χ2n) is 3.25. The number of hydrogen-bond acceptors (Lipinski definition) is 3. The van der Waals surface area contributed by atoms with E-state index < -0.39 is 5.97 Å². The molecule has 2 N–H and O–H groups in total. The van der Waals surface area contributed by atoms with Gasteiger partial charge in [0.15, 0.2) is 0 Å². The lowest BCUT2D eigenvalue weighted by Gasteiger charge is -1.95. The van der Waals surface area contributed by atoms with Crippen molar-refractivity contribution in [3.63, 3.8) is 0 Å². The third-order valence-corrected chi connectivity index (χ3v) is 2.11. The predicted octanol–water partition coefficient (Wildman–Crippen LogP) is 0.752. The average molecular weight is 205 g/mol. The second kappa shape index (κ2) is 3.70. The summed E-state index contributed by atoms with van der Waals surface area (Å²) in [6, 6.07) is 3.25. The van der Waals surface area contributed by atoms with Gasteiger partial charge in [-0.15, -0.1) is 0 Å². The van der Waals surface area contributed by atoms with Gasteiger partial charge in [0.2, 0.25) is 0 Å². The van der Waals surface area contributed by atoms with E-state index >= 15 is 0 Å². The van der Waals surface area contributed by atoms with E-state index in [9.17, 15) is 4.79 Å². The smallest absolute Gasteiger partial charge is 0.337 e. The molecule has 2 rings (SSSR count). The number of carboxylic acids is 1. The van der Waals surface area contributed by atoms with Gasteiger partial charge in [0.25, 0.3) is 0 Å². The number of pyridine rings is 1. The summed E-state index contributed by atoms with van der Waals surface area (Å²) in [5.74, 6) is -0.930. The van der Waals surface area contributed by atoms with E-state index in [1.165, 1.54) is 0 Å². The molecule has 0 saturated carbocycles. The summed E-state index contributed by atoms with van der Waals surface area (Å²) in [6.07, 6.45) is 3.38. The first-order chi connectivity index (χ1) is 7.20. The van der Waals surface area contributed by atoms with E-state index in [4.69, 9.17) is 5.11 Å². The van der Waals surface area contributed by atoms with Crippen LogP contribution in [0.5, 0.6) is 0 Å². The lowest BCUT2D eigenvalue weighted by molar-refractivity contribution is 0.0696. The maximum absolute atomic E-state index is 10.7. The molecule has 0 radical (unpaired) electrons. The summed E-state index contributed by atoms with van der Waals surface area (Å²) in [5, 5.41) is 11.8. The van der Waals surface area contributed by atoms with Crippen molar-refractivity contribution in [2.24, 2.45) is 0 Å². The Balaban J connectivity index is 2.47. The molecule has 0 aromatic carbocycles.